The second kappa shape index (κ2) is 3.02. The van der Waals surface area contributed by atoms with Crippen molar-refractivity contribution < 1.29 is 9.53 Å². The lowest BCUT2D eigenvalue weighted by molar-refractivity contribution is -0.782. The van der Waals surface area contributed by atoms with Gasteiger partial charge in [0.1, 0.15) is 0 Å². The molecule has 0 bridgehead atoms. The van der Waals surface area contributed by atoms with Crippen LogP contribution in [0.2, 0.25) is 0 Å². The fraction of sp³-hybridized carbons (Fsp3) is 0.250. The molecule has 0 fully saturated rings. The number of rotatable bonds is 2. The minimum absolute atomic E-state index is 0.398. The van der Waals surface area contributed by atoms with Crippen molar-refractivity contribution in [3.63, 3.8) is 0 Å². The van der Waals surface area contributed by atoms with Crippen molar-refractivity contribution in [2.45, 2.75) is 6.42 Å². The highest BCUT2D eigenvalue weighted by Crippen LogP contribution is 2.10. The summed E-state index contributed by atoms with van der Waals surface area (Å²) in [6.07, 6.45) is 0.751. The molecule has 0 amide bonds. The van der Waals surface area contributed by atoms with Crippen LogP contribution in [0.15, 0.2) is 22.8 Å². The third-order valence-corrected chi connectivity index (χ3v) is 1.88. The minimum Gasteiger partial charge on any atom is -0.359 e. The van der Waals surface area contributed by atoms with Crippen molar-refractivity contribution in [3.05, 3.63) is 29.0 Å². The first kappa shape index (κ1) is 8.00. The molecule has 0 saturated heterocycles. The predicted molar refractivity (Wildman–Crippen MR) is 45.7 cm³/mol. The molecule has 0 atom stereocenters. The molecule has 0 spiro atoms. The van der Waals surface area contributed by atoms with Gasteiger partial charge in [-0.2, -0.15) is 0 Å². The fourth-order valence-corrected chi connectivity index (χ4v) is 1.24. The van der Waals surface area contributed by atoms with Gasteiger partial charge in [-0.05, 0) is 35.6 Å². The molecule has 0 aliphatic heterocycles. The summed E-state index contributed by atoms with van der Waals surface area (Å²) in [6.45, 7) is 0.565. The van der Waals surface area contributed by atoms with E-state index < -0.39 is 0 Å². The van der Waals surface area contributed by atoms with Gasteiger partial charge < -0.3 is 10.9 Å². The topological polar surface area (TPSA) is 79.0 Å². The highest BCUT2D eigenvalue weighted by Gasteiger charge is 2.08. The van der Waals surface area contributed by atoms with E-state index in [1.807, 2.05) is 6.07 Å². The van der Waals surface area contributed by atoms with Gasteiger partial charge in [-0.25, -0.2) is 0 Å². The fourth-order valence-electron chi connectivity index (χ4n) is 1.24. The quantitative estimate of drug-likeness (QED) is 0.656. The van der Waals surface area contributed by atoms with Crippen molar-refractivity contribution in [3.8, 4) is 0 Å². The Morgan fingerprint density at radius 1 is 1.54 bits per heavy atom. The van der Waals surface area contributed by atoms with Crippen LogP contribution in [0.3, 0.4) is 0 Å². The average Bonchev–Trinajstić information content (AvgIpc) is 2.49. The Morgan fingerprint density at radius 2 is 2.38 bits per heavy atom. The first-order valence-electron chi connectivity index (χ1n) is 3.99. The number of hydrogen-bond acceptors (Lipinski definition) is 4. The molecule has 2 aromatic rings. The molecule has 1 aromatic carbocycles. The average molecular weight is 179 g/mol. The summed E-state index contributed by atoms with van der Waals surface area (Å²) in [5.41, 5.74) is 7.43. The standard InChI is InChI=1S/C8H9N3O2/c9-4-3-6-1-2-7-8(5-6)11(12)13-10-7/h1-2,5H,3-4,9H2. The largest absolute Gasteiger partial charge is 0.359 e. The first-order chi connectivity index (χ1) is 6.31. The third-order valence-electron chi connectivity index (χ3n) is 1.88. The van der Waals surface area contributed by atoms with E-state index in [0.29, 0.717) is 22.5 Å². The van der Waals surface area contributed by atoms with E-state index in [4.69, 9.17) is 5.73 Å². The molecular weight excluding hydrogens is 170 g/mol. The Kier molecular flexibility index (Phi) is 1.86. The molecule has 13 heavy (non-hydrogen) atoms. The van der Waals surface area contributed by atoms with Crippen LogP contribution in [0.25, 0.3) is 11.0 Å². The van der Waals surface area contributed by atoms with E-state index in [0.717, 1.165) is 12.0 Å². The van der Waals surface area contributed by atoms with Gasteiger partial charge >= 0.3 is 0 Å². The van der Waals surface area contributed by atoms with Gasteiger partial charge in [0.25, 0.3) is 0 Å². The molecule has 1 heterocycles. The molecule has 0 aliphatic carbocycles. The highest BCUT2D eigenvalue weighted by molar-refractivity contribution is 5.70. The van der Waals surface area contributed by atoms with Crippen molar-refractivity contribution in [2.75, 3.05) is 6.54 Å². The summed E-state index contributed by atoms with van der Waals surface area (Å²) in [5, 5.41) is 14.6. The maximum atomic E-state index is 11.0. The smallest absolute Gasteiger partial charge is 0.248 e. The SMILES string of the molecule is NCCc1ccc2no[n+]([O-])c2c1. The summed E-state index contributed by atoms with van der Waals surface area (Å²) in [5.74, 6) is 0. The Hall–Kier alpha value is -1.62. The van der Waals surface area contributed by atoms with Gasteiger partial charge in [0.2, 0.25) is 11.0 Å². The minimum atomic E-state index is 0.398. The molecule has 0 unspecified atom stereocenters. The van der Waals surface area contributed by atoms with Crippen LogP contribution in [0.4, 0.5) is 0 Å². The Bertz CT molecular complexity index is 424. The highest BCUT2D eigenvalue weighted by atomic mass is 16.8. The molecule has 5 nitrogen and oxygen atoms in total. The van der Waals surface area contributed by atoms with E-state index in [-0.39, 0.29) is 0 Å². The first-order valence-corrected chi connectivity index (χ1v) is 3.99. The van der Waals surface area contributed by atoms with Gasteiger partial charge in [0.15, 0.2) is 0 Å². The molecular formula is C8H9N3O2. The van der Waals surface area contributed by atoms with Crippen LogP contribution in [-0.4, -0.2) is 11.7 Å². The van der Waals surface area contributed by atoms with Crippen molar-refractivity contribution >= 4 is 11.0 Å². The number of nitrogens with two attached hydrogens (primary N) is 1. The number of nitrogens with zero attached hydrogens (tertiary/aromatic N) is 2. The normalized spacial score (nSPS) is 10.8. The number of benzene rings is 1. The van der Waals surface area contributed by atoms with E-state index in [1.54, 1.807) is 12.1 Å². The number of hydrogen-bond donors (Lipinski definition) is 1. The van der Waals surface area contributed by atoms with Crippen molar-refractivity contribution in [2.24, 2.45) is 5.73 Å². The number of aromatic nitrogens is 2. The zero-order valence-corrected chi connectivity index (χ0v) is 6.93. The van der Waals surface area contributed by atoms with Crippen LogP contribution in [0.1, 0.15) is 5.56 Å². The summed E-state index contributed by atoms with van der Waals surface area (Å²) < 4.78 is 4.43. The summed E-state index contributed by atoms with van der Waals surface area (Å²) in [7, 11) is 0. The lowest BCUT2D eigenvalue weighted by Gasteiger charge is -1.95. The second-order valence-corrected chi connectivity index (χ2v) is 2.79. The van der Waals surface area contributed by atoms with Crippen LogP contribution >= 0.6 is 0 Å². The molecule has 68 valence electrons. The van der Waals surface area contributed by atoms with Crippen LogP contribution in [0.5, 0.6) is 0 Å². The summed E-state index contributed by atoms with van der Waals surface area (Å²) in [6, 6.07) is 5.38. The van der Waals surface area contributed by atoms with Gasteiger partial charge in [-0.1, -0.05) is 6.07 Å². The van der Waals surface area contributed by atoms with Crippen LogP contribution < -0.4 is 10.6 Å². The second-order valence-electron chi connectivity index (χ2n) is 2.79. The lowest BCUT2D eigenvalue weighted by Crippen LogP contribution is -2.22. The van der Waals surface area contributed by atoms with Gasteiger partial charge in [-0.15, -0.1) is 0 Å². The van der Waals surface area contributed by atoms with E-state index in [1.165, 1.54) is 0 Å². The predicted octanol–water partition coefficient (Wildman–Crippen LogP) is -0.0376. The monoisotopic (exact) mass is 179 g/mol. The third kappa shape index (κ3) is 1.33. The van der Waals surface area contributed by atoms with E-state index in [9.17, 15) is 5.21 Å². The molecule has 5 heteroatoms. The van der Waals surface area contributed by atoms with Gasteiger partial charge in [0, 0.05) is 5.16 Å². The van der Waals surface area contributed by atoms with E-state index in [2.05, 4.69) is 9.79 Å². The van der Waals surface area contributed by atoms with E-state index >= 15 is 0 Å². The lowest BCUT2D eigenvalue weighted by atomic mass is 10.1. The Morgan fingerprint density at radius 3 is 3.15 bits per heavy atom. The Balaban J connectivity index is 2.53. The molecule has 0 aliphatic rings. The number of fused-ring (bicyclic) bond motifs is 1. The molecule has 0 radical (unpaired) electrons. The van der Waals surface area contributed by atoms with Crippen molar-refractivity contribution in [1.29, 1.82) is 0 Å². The molecule has 2 rings (SSSR count). The Labute approximate surface area is 74.3 Å². The maximum absolute atomic E-state index is 11.0. The van der Waals surface area contributed by atoms with Crippen LogP contribution in [-0.2, 0) is 6.42 Å². The summed E-state index contributed by atoms with van der Waals surface area (Å²) >= 11 is 0. The molecule has 0 saturated carbocycles. The van der Waals surface area contributed by atoms with Gasteiger partial charge in [-0.3, -0.25) is 4.63 Å². The van der Waals surface area contributed by atoms with Gasteiger partial charge in [0.05, 0.1) is 0 Å². The zero-order valence-electron chi connectivity index (χ0n) is 6.93. The zero-order chi connectivity index (χ0) is 9.26. The van der Waals surface area contributed by atoms with Crippen LogP contribution in [0, 0.1) is 5.21 Å². The maximum Gasteiger partial charge on any atom is 0.248 e. The molecule has 1 aromatic heterocycles. The molecule has 2 N–H and O–H groups in total. The summed E-state index contributed by atoms with van der Waals surface area (Å²) in [4.78, 5) is 0.398. The van der Waals surface area contributed by atoms with Crippen molar-refractivity contribution in [1.82, 2.24) is 5.16 Å².